The van der Waals surface area contributed by atoms with E-state index >= 15 is 0 Å². The fraction of sp³-hybridized carbons (Fsp3) is 0.0556. The van der Waals surface area contributed by atoms with Gasteiger partial charge in [-0.1, -0.05) is 65.7 Å². The van der Waals surface area contributed by atoms with Gasteiger partial charge in [0.2, 0.25) is 0 Å². The van der Waals surface area contributed by atoms with Gasteiger partial charge in [0.05, 0.1) is 16.3 Å². The van der Waals surface area contributed by atoms with Gasteiger partial charge in [-0.25, -0.2) is 10.4 Å². The minimum Gasteiger partial charge on any atom is -0.266 e. The number of nitrogens with one attached hydrogen (secondary N) is 1. The molecule has 0 aliphatic rings. The van der Waals surface area contributed by atoms with Crippen LogP contribution >= 0.6 is 34.5 Å². The van der Waals surface area contributed by atoms with Crippen LogP contribution in [0.15, 0.2) is 53.6 Å². The third-order valence-corrected chi connectivity index (χ3v) is 5.24. The highest BCUT2D eigenvalue weighted by Crippen LogP contribution is 2.27. The molecule has 0 bridgehead atoms. The summed E-state index contributed by atoms with van der Waals surface area (Å²) in [6, 6.07) is 14.9. The first-order valence-corrected chi connectivity index (χ1v) is 8.94. The number of halogens is 2. The van der Waals surface area contributed by atoms with Gasteiger partial charge in [0.1, 0.15) is 10.7 Å². The Labute approximate surface area is 159 Å². The Bertz CT molecular complexity index is 939. The molecule has 0 saturated carbocycles. The summed E-state index contributed by atoms with van der Waals surface area (Å²) in [6.45, 7) is 1.86. The van der Waals surface area contributed by atoms with Crippen LogP contribution in [0.1, 0.15) is 20.9 Å². The summed E-state index contributed by atoms with van der Waals surface area (Å²) in [6.07, 6.45) is 1.45. The molecule has 2 aromatic carbocycles. The van der Waals surface area contributed by atoms with Crippen molar-refractivity contribution < 1.29 is 4.79 Å². The number of hydrogen-bond acceptors (Lipinski definition) is 4. The van der Waals surface area contributed by atoms with E-state index in [-0.39, 0.29) is 5.91 Å². The van der Waals surface area contributed by atoms with E-state index < -0.39 is 0 Å². The molecule has 4 nitrogen and oxygen atoms in total. The van der Waals surface area contributed by atoms with Crippen molar-refractivity contribution in [2.45, 2.75) is 6.92 Å². The van der Waals surface area contributed by atoms with E-state index in [0.29, 0.717) is 21.3 Å². The molecule has 0 aliphatic carbocycles. The second-order valence-electron chi connectivity index (χ2n) is 5.13. The van der Waals surface area contributed by atoms with Crippen molar-refractivity contribution in [1.29, 1.82) is 0 Å². The van der Waals surface area contributed by atoms with Gasteiger partial charge < -0.3 is 0 Å². The Morgan fingerprint density at radius 3 is 2.68 bits per heavy atom. The lowest BCUT2D eigenvalue weighted by atomic mass is 10.2. The van der Waals surface area contributed by atoms with Crippen LogP contribution in [-0.2, 0) is 0 Å². The van der Waals surface area contributed by atoms with E-state index in [2.05, 4.69) is 15.5 Å². The van der Waals surface area contributed by atoms with Crippen molar-refractivity contribution in [3.8, 4) is 10.6 Å². The molecule has 1 heterocycles. The van der Waals surface area contributed by atoms with Gasteiger partial charge in [-0.05, 0) is 13.0 Å². The molecule has 1 aromatic heterocycles. The number of carbonyl (C=O) groups excluding carboxylic acids is 1. The number of amides is 1. The first kappa shape index (κ1) is 17.6. The average Bonchev–Trinajstić information content (AvgIpc) is 3.01. The van der Waals surface area contributed by atoms with Crippen molar-refractivity contribution in [1.82, 2.24) is 10.4 Å². The van der Waals surface area contributed by atoms with E-state index in [1.54, 1.807) is 18.2 Å². The molecule has 0 atom stereocenters. The fourth-order valence-corrected chi connectivity index (χ4v) is 3.42. The Kier molecular flexibility index (Phi) is 5.48. The van der Waals surface area contributed by atoms with Crippen molar-refractivity contribution in [2.24, 2.45) is 5.10 Å². The molecular formula is C18H13Cl2N3OS. The van der Waals surface area contributed by atoms with Crippen LogP contribution in [0.5, 0.6) is 0 Å². The zero-order chi connectivity index (χ0) is 17.8. The van der Waals surface area contributed by atoms with Gasteiger partial charge >= 0.3 is 0 Å². The summed E-state index contributed by atoms with van der Waals surface area (Å²) >= 11 is 13.5. The molecule has 3 aromatic rings. The number of rotatable bonds is 4. The van der Waals surface area contributed by atoms with Gasteiger partial charge in [-0.15, -0.1) is 11.3 Å². The lowest BCUT2D eigenvalue weighted by Crippen LogP contribution is -2.19. The molecule has 3 rings (SSSR count). The highest BCUT2D eigenvalue weighted by molar-refractivity contribution is 7.15. The number of aryl methyl sites for hydroxylation is 1. The minimum atomic E-state index is -0.370. The molecule has 0 spiro atoms. The van der Waals surface area contributed by atoms with Crippen LogP contribution in [0.2, 0.25) is 10.0 Å². The van der Waals surface area contributed by atoms with Crippen LogP contribution in [0.4, 0.5) is 0 Å². The molecule has 1 N–H and O–H groups in total. The van der Waals surface area contributed by atoms with Gasteiger partial charge in [0.15, 0.2) is 0 Å². The number of carbonyl (C=O) groups is 1. The Hall–Kier alpha value is -2.21. The first-order valence-electron chi connectivity index (χ1n) is 7.36. The number of thiazole rings is 1. The van der Waals surface area contributed by atoms with Crippen LogP contribution in [0.25, 0.3) is 10.6 Å². The molecule has 1 amide bonds. The van der Waals surface area contributed by atoms with Gasteiger partial charge in [0, 0.05) is 16.0 Å². The SMILES string of the molecule is Cc1sc(-c2ccccc2)nc1C(=O)N/N=C\c1cccc(Cl)c1Cl. The second-order valence-corrected chi connectivity index (χ2v) is 7.12. The third kappa shape index (κ3) is 4.07. The van der Waals surface area contributed by atoms with E-state index in [1.165, 1.54) is 17.6 Å². The van der Waals surface area contributed by atoms with Crippen LogP contribution in [-0.4, -0.2) is 17.1 Å². The average molecular weight is 390 g/mol. The molecule has 25 heavy (non-hydrogen) atoms. The number of hydrogen-bond donors (Lipinski definition) is 1. The predicted octanol–water partition coefficient (Wildman–Crippen LogP) is 5.19. The normalized spacial score (nSPS) is 11.0. The third-order valence-electron chi connectivity index (χ3n) is 3.38. The summed E-state index contributed by atoms with van der Waals surface area (Å²) in [5.74, 6) is -0.370. The number of benzene rings is 2. The quantitative estimate of drug-likeness (QED) is 0.492. The van der Waals surface area contributed by atoms with Crippen LogP contribution in [0, 0.1) is 6.92 Å². The fourth-order valence-electron chi connectivity index (χ4n) is 2.14. The molecule has 0 fully saturated rings. The summed E-state index contributed by atoms with van der Waals surface area (Å²) in [4.78, 5) is 17.6. The molecule has 126 valence electrons. The van der Waals surface area contributed by atoms with Gasteiger partial charge in [0.25, 0.3) is 5.91 Å². The lowest BCUT2D eigenvalue weighted by molar-refractivity contribution is 0.0950. The van der Waals surface area contributed by atoms with E-state index in [4.69, 9.17) is 23.2 Å². The summed E-state index contributed by atoms with van der Waals surface area (Å²) in [7, 11) is 0. The standard InChI is InChI=1S/C18H13Cl2N3OS/c1-11-16(22-18(25-11)12-6-3-2-4-7-12)17(24)23-21-10-13-8-5-9-14(19)15(13)20/h2-10H,1H3,(H,23,24)/b21-10-. The van der Waals surface area contributed by atoms with E-state index in [9.17, 15) is 4.79 Å². The van der Waals surface area contributed by atoms with Gasteiger partial charge in [-0.2, -0.15) is 5.10 Å². The smallest absolute Gasteiger partial charge is 0.266 e. The maximum absolute atomic E-state index is 12.3. The Balaban J connectivity index is 1.75. The zero-order valence-corrected chi connectivity index (χ0v) is 15.5. The number of aromatic nitrogens is 1. The van der Waals surface area contributed by atoms with Crippen molar-refractivity contribution in [3.05, 3.63) is 74.7 Å². The van der Waals surface area contributed by atoms with E-state index in [0.717, 1.165) is 15.4 Å². The monoisotopic (exact) mass is 389 g/mol. The summed E-state index contributed by atoms with van der Waals surface area (Å²) in [5, 5.41) is 5.55. The predicted molar refractivity (Wildman–Crippen MR) is 104 cm³/mol. The molecule has 0 saturated heterocycles. The Morgan fingerprint density at radius 1 is 1.16 bits per heavy atom. The molecule has 0 aliphatic heterocycles. The minimum absolute atomic E-state index is 0.359. The number of hydrazone groups is 1. The van der Waals surface area contributed by atoms with Crippen molar-refractivity contribution in [2.75, 3.05) is 0 Å². The lowest BCUT2D eigenvalue weighted by Gasteiger charge is -2.00. The van der Waals surface area contributed by atoms with Crippen LogP contribution in [0.3, 0.4) is 0 Å². The molecular weight excluding hydrogens is 377 g/mol. The van der Waals surface area contributed by atoms with Crippen molar-refractivity contribution in [3.63, 3.8) is 0 Å². The maximum Gasteiger partial charge on any atom is 0.291 e. The second kappa shape index (κ2) is 7.78. The summed E-state index contributed by atoms with van der Waals surface area (Å²) < 4.78 is 0. The largest absolute Gasteiger partial charge is 0.291 e. The van der Waals surface area contributed by atoms with Crippen LogP contribution < -0.4 is 5.43 Å². The molecule has 7 heteroatoms. The number of nitrogens with zero attached hydrogens (tertiary/aromatic N) is 2. The molecule has 0 radical (unpaired) electrons. The Morgan fingerprint density at radius 2 is 1.92 bits per heavy atom. The van der Waals surface area contributed by atoms with Gasteiger partial charge in [-0.3, -0.25) is 4.79 Å². The topological polar surface area (TPSA) is 54.4 Å². The summed E-state index contributed by atoms with van der Waals surface area (Å²) in [5.41, 5.74) is 4.43. The first-order chi connectivity index (χ1) is 12.1. The van der Waals surface area contributed by atoms with Crippen molar-refractivity contribution >= 4 is 46.7 Å². The maximum atomic E-state index is 12.3. The molecule has 0 unspecified atom stereocenters. The van der Waals surface area contributed by atoms with E-state index in [1.807, 2.05) is 37.3 Å². The zero-order valence-electron chi connectivity index (χ0n) is 13.2. The highest BCUT2D eigenvalue weighted by atomic mass is 35.5. The highest BCUT2D eigenvalue weighted by Gasteiger charge is 2.15.